The average Bonchev–Trinajstić information content (AvgIpc) is 2.94. The average molecular weight is 337 g/mol. The number of carbonyl (C=O) groups is 1. The molecule has 0 radical (unpaired) electrons. The molecule has 0 aliphatic carbocycles. The molecule has 1 heterocycles. The minimum Gasteiger partial charge on any atom is -0.385 e. The third-order valence-corrected chi connectivity index (χ3v) is 3.64. The van der Waals surface area contributed by atoms with E-state index in [0.29, 0.717) is 26.1 Å². The predicted octanol–water partition coefficient (Wildman–Crippen LogP) is 3.37. The Morgan fingerprint density at radius 2 is 2.12 bits per heavy atom. The second-order valence-electron chi connectivity index (χ2n) is 5.43. The number of urea groups is 1. The van der Waals surface area contributed by atoms with E-state index in [1.807, 2.05) is 29.9 Å². The largest absolute Gasteiger partial charge is 0.385 e. The van der Waals surface area contributed by atoms with E-state index in [-0.39, 0.29) is 5.69 Å². The molecule has 5 nitrogen and oxygen atoms in total. The van der Waals surface area contributed by atoms with Crippen molar-refractivity contribution in [2.45, 2.75) is 13.0 Å². The molecule has 0 aliphatic heterocycles. The van der Waals surface area contributed by atoms with Gasteiger partial charge in [0.1, 0.15) is 11.6 Å². The van der Waals surface area contributed by atoms with Crippen LogP contribution >= 0.6 is 0 Å². The number of amides is 2. The van der Waals surface area contributed by atoms with Gasteiger partial charge in [-0.2, -0.15) is 0 Å². The summed E-state index contributed by atoms with van der Waals surface area (Å²) in [7, 11) is 3.48. The van der Waals surface area contributed by atoms with E-state index >= 15 is 0 Å². The number of carbonyl (C=O) groups excluding carboxylic acids is 1. The maximum Gasteiger partial charge on any atom is 0.322 e. The lowest BCUT2D eigenvalue weighted by molar-refractivity contribution is 0.171. The Bertz CT molecular complexity index is 688. The summed E-state index contributed by atoms with van der Waals surface area (Å²) in [5, 5.41) is 2.49. The van der Waals surface area contributed by atoms with Crippen LogP contribution in [0.25, 0.3) is 0 Å². The maximum atomic E-state index is 13.7. The number of hydrogen-bond donors (Lipinski definition) is 1. The molecule has 0 bridgehead atoms. The summed E-state index contributed by atoms with van der Waals surface area (Å²) in [4.78, 5) is 14.1. The Kier molecular flexibility index (Phi) is 6.31. The molecule has 0 spiro atoms. The third-order valence-electron chi connectivity index (χ3n) is 3.64. The summed E-state index contributed by atoms with van der Waals surface area (Å²) >= 11 is 0. The summed E-state index contributed by atoms with van der Waals surface area (Å²) in [6.45, 7) is 1.34. The van der Waals surface area contributed by atoms with Crippen molar-refractivity contribution in [1.29, 1.82) is 0 Å². The van der Waals surface area contributed by atoms with Crippen LogP contribution in [-0.2, 0) is 18.3 Å². The van der Waals surface area contributed by atoms with Gasteiger partial charge in [-0.25, -0.2) is 13.6 Å². The van der Waals surface area contributed by atoms with Crippen LogP contribution in [0, 0.1) is 11.6 Å². The first-order valence-corrected chi connectivity index (χ1v) is 7.61. The number of halogens is 2. The van der Waals surface area contributed by atoms with Gasteiger partial charge in [0.05, 0.1) is 12.2 Å². The molecular formula is C17H21F2N3O2. The normalized spacial score (nSPS) is 10.7. The Morgan fingerprint density at radius 3 is 2.75 bits per heavy atom. The third kappa shape index (κ3) is 4.79. The number of methoxy groups -OCH3 is 1. The minimum atomic E-state index is -0.806. The number of benzene rings is 1. The molecule has 2 amide bonds. The number of anilines is 1. The lowest BCUT2D eigenvalue weighted by Gasteiger charge is -2.23. The van der Waals surface area contributed by atoms with Crippen molar-refractivity contribution >= 4 is 11.7 Å². The first-order chi connectivity index (χ1) is 11.5. The standard InChI is InChI=1S/C17H21F2N3O2/c1-21-8-3-5-14(21)12-22(9-4-10-24-2)17(23)20-16-7-6-13(18)11-15(16)19/h3,5-8,11H,4,9-10,12H2,1-2H3,(H,20,23). The van der Waals surface area contributed by atoms with Gasteiger partial charge in [-0.1, -0.05) is 0 Å². The van der Waals surface area contributed by atoms with Gasteiger partial charge >= 0.3 is 6.03 Å². The molecule has 24 heavy (non-hydrogen) atoms. The first kappa shape index (κ1) is 17.9. The SMILES string of the molecule is COCCCN(Cc1cccn1C)C(=O)Nc1ccc(F)cc1F. The highest BCUT2D eigenvalue weighted by atomic mass is 19.1. The van der Waals surface area contributed by atoms with Gasteiger partial charge in [0.15, 0.2) is 0 Å². The molecule has 0 saturated heterocycles. The molecule has 1 aromatic carbocycles. The zero-order valence-electron chi connectivity index (χ0n) is 13.8. The van der Waals surface area contributed by atoms with Crippen LogP contribution in [0.3, 0.4) is 0 Å². The van der Waals surface area contributed by atoms with Crippen LogP contribution in [0.5, 0.6) is 0 Å². The van der Waals surface area contributed by atoms with Crippen LogP contribution in [-0.4, -0.2) is 35.8 Å². The smallest absolute Gasteiger partial charge is 0.322 e. The molecule has 0 aliphatic rings. The number of rotatable bonds is 7. The zero-order valence-corrected chi connectivity index (χ0v) is 13.8. The second kappa shape index (κ2) is 8.44. The summed E-state index contributed by atoms with van der Waals surface area (Å²) in [5.74, 6) is -1.50. The fraction of sp³-hybridized carbons (Fsp3) is 0.353. The van der Waals surface area contributed by atoms with E-state index in [0.717, 1.165) is 17.8 Å². The van der Waals surface area contributed by atoms with E-state index < -0.39 is 17.7 Å². The molecule has 2 rings (SSSR count). The number of nitrogens with zero attached hydrogens (tertiary/aromatic N) is 2. The molecule has 2 aromatic rings. The maximum absolute atomic E-state index is 13.7. The van der Waals surface area contributed by atoms with Gasteiger partial charge < -0.3 is 19.5 Å². The fourth-order valence-electron chi connectivity index (χ4n) is 2.29. The molecule has 1 aromatic heterocycles. The van der Waals surface area contributed by atoms with Crippen molar-refractivity contribution in [3.8, 4) is 0 Å². The van der Waals surface area contributed by atoms with Crippen LogP contribution in [0.2, 0.25) is 0 Å². The molecule has 0 atom stereocenters. The van der Waals surface area contributed by atoms with Crippen molar-refractivity contribution in [1.82, 2.24) is 9.47 Å². The van der Waals surface area contributed by atoms with Crippen LogP contribution in [0.15, 0.2) is 36.5 Å². The number of hydrogen-bond acceptors (Lipinski definition) is 2. The van der Waals surface area contributed by atoms with Gasteiger partial charge in [-0.05, 0) is 30.7 Å². The predicted molar refractivity (Wildman–Crippen MR) is 87.7 cm³/mol. The highest BCUT2D eigenvalue weighted by molar-refractivity contribution is 5.89. The molecule has 0 unspecified atom stereocenters. The van der Waals surface area contributed by atoms with Crippen LogP contribution < -0.4 is 5.32 Å². The van der Waals surface area contributed by atoms with Gasteiger partial charge in [-0.15, -0.1) is 0 Å². The van der Waals surface area contributed by atoms with Crippen molar-refractivity contribution in [3.05, 3.63) is 53.9 Å². The Balaban J connectivity index is 2.09. The number of aromatic nitrogens is 1. The minimum absolute atomic E-state index is 0.0509. The van der Waals surface area contributed by atoms with Crippen LogP contribution in [0.1, 0.15) is 12.1 Å². The van der Waals surface area contributed by atoms with E-state index in [9.17, 15) is 13.6 Å². The number of nitrogens with one attached hydrogen (secondary N) is 1. The van der Waals surface area contributed by atoms with Gasteiger partial charge in [-0.3, -0.25) is 0 Å². The van der Waals surface area contributed by atoms with E-state index in [2.05, 4.69) is 5.32 Å². The highest BCUT2D eigenvalue weighted by Gasteiger charge is 2.17. The first-order valence-electron chi connectivity index (χ1n) is 7.61. The molecule has 130 valence electrons. The molecule has 1 N–H and O–H groups in total. The number of aryl methyl sites for hydroxylation is 1. The van der Waals surface area contributed by atoms with Gasteiger partial charge in [0, 0.05) is 45.3 Å². The van der Waals surface area contributed by atoms with Crippen molar-refractivity contribution in [3.63, 3.8) is 0 Å². The molecule has 0 saturated carbocycles. The molecular weight excluding hydrogens is 316 g/mol. The topological polar surface area (TPSA) is 46.5 Å². The zero-order chi connectivity index (χ0) is 17.5. The summed E-state index contributed by atoms with van der Waals surface area (Å²) in [5.41, 5.74) is 0.896. The molecule has 0 fully saturated rings. The molecule has 7 heteroatoms. The van der Waals surface area contributed by atoms with Crippen molar-refractivity contribution in [2.24, 2.45) is 7.05 Å². The Hall–Kier alpha value is -2.41. The lowest BCUT2D eigenvalue weighted by atomic mass is 10.3. The fourth-order valence-corrected chi connectivity index (χ4v) is 2.29. The Labute approximate surface area is 139 Å². The lowest BCUT2D eigenvalue weighted by Crippen LogP contribution is -2.36. The monoisotopic (exact) mass is 337 g/mol. The van der Waals surface area contributed by atoms with Gasteiger partial charge in [0.25, 0.3) is 0 Å². The van der Waals surface area contributed by atoms with E-state index in [4.69, 9.17) is 4.74 Å². The summed E-state index contributed by atoms with van der Waals surface area (Å²) in [6.07, 6.45) is 2.54. The van der Waals surface area contributed by atoms with E-state index in [1.165, 1.54) is 6.07 Å². The van der Waals surface area contributed by atoms with E-state index in [1.54, 1.807) is 12.0 Å². The summed E-state index contributed by atoms with van der Waals surface area (Å²) < 4.78 is 33.6. The summed E-state index contributed by atoms with van der Waals surface area (Å²) in [6, 6.07) is 6.40. The second-order valence-corrected chi connectivity index (χ2v) is 5.43. The van der Waals surface area contributed by atoms with Crippen molar-refractivity contribution < 1.29 is 18.3 Å². The Morgan fingerprint density at radius 1 is 1.33 bits per heavy atom. The number of ether oxygens (including phenoxy) is 1. The van der Waals surface area contributed by atoms with Crippen molar-refractivity contribution in [2.75, 3.05) is 25.6 Å². The van der Waals surface area contributed by atoms with Gasteiger partial charge in [0.2, 0.25) is 0 Å². The highest BCUT2D eigenvalue weighted by Crippen LogP contribution is 2.16. The quantitative estimate of drug-likeness (QED) is 0.788. The van der Waals surface area contributed by atoms with Crippen LogP contribution in [0.4, 0.5) is 19.3 Å².